The minimum absolute atomic E-state index is 0.202. The van der Waals surface area contributed by atoms with Gasteiger partial charge < -0.3 is 19.5 Å². The van der Waals surface area contributed by atoms with Crippen LogP contribution in [0.5, 0.6) is 11.5 Å². The number of nitrogens with zero attached hydrogens (tertiary/aromatic N) is 1. The Morgan fingerprint density at radius 1 is 0.824 bits per heavy atom. The van der Waals surface area contributed by atoms with Crippen molar-refractivity contribution < 1.29 is 23.8 Å². The number of para-hydroxylation sites is 1. The zero-order valence-electron chi connectivity index (χ0n) is 19.1. The van der Waals surface area contributed by atoms with Gasteiger partial charge in [-0.25, -0.2) is 9.69 Å². The maximum Gasteiger partial charge on any atom is 0.333 e. The molecular weight excluding hydrogens is 432 g/mol. The highest BCUT2D eigenvalue weighted by atomic mass is 16.7. The number of urea groups is 1. The first-order chi connectivity index (χ1) is 16.6. The van der Waals surface area contributed by atoms with Gasteiger partial charge in [0.1, 0.15) is 17.2 Å². The molecule has 1 aliphatic rings. The highest BCUT2D eigenvalue weighted by Crippen LogP contribution is 2.27. The molecule has 34 heavy (non-hydrogen) atoms. The third-order valence-corrected chi connectivity index (χ3v) is 5.11. The number of amides is 3. The Labute approximate surface area is 198 Å². The fourth-order valence-corrected chi connectivity index (χ4v) is 3.52. The molecule has 0 aromatic heterocycles. The zero-order valence-corrected chi connectivity index (χ0v) is 19.1. The van der Waals surface area contributed by atoms with Gasteiger partial charge in [0, 0.05) is 18.8 Å². The number of imide groups is 1. The summed E-state index contributed by atoms with van der Waals surface area (Å²) in [6.45, 7) is 4.89. The van der Waals surface area contributed by atoms with E-state index in [0.29, 0.717) is 30.4 Å². The summed E-state index contributed by atoms with van der Waals surface area (Å²) in [5, 5.41) is 2.65. The van der Waals surface area contributed by atoms with Gasteiger partial charge in [-0.2, -0.15) is 0 Å². The molecule has 7 heteroatoms. The Bertz CT molecular complexity index is 1150. The monoisotopic (exact) mass is 458 g/mol. The molecule has 0 aliphatic carbocycles. The van der Waals surface area contributed by atoms with Crippen LogP contribution in [0.25, 0.3) is 6.08 Å². The van der Waals surface area contributed by atoms with Gasteiger partial charge in [0.15, 0.2) is 6.29 Å². The standard InChI is InChI=1S/C27H26N2O5/c1-3-32-26(33-4-2)20-12-10-19(11-13-20)18-24-25(30)29(27(31)28-24)21-14-16-23(17-15-21)34-22-8-6-5-7-9-22/h5-18,26H,3-4H2,1-2H3,(H,28,31)/b24-18-. The van der Waals surface area contributed by atoms with Crippen LogP contribution in [0.1, 0.15) is 31.3 Å². The molecule has 0 radical (unpaired) electrons. The molecule has 7 nitrogen and oxygen atoms in total. The summed E-state index contributed by atoms with van der Waals surface area (Å²) in [6.07, 6.45) is 1.21. The molecule has 1 aliphatic heterocycles. The van der Waals surface area contributed by atoms with Crippen LogP contribution in [0.3, 0.4) is 0 Å². The first-order valence-electron chi connectivity index (χ1n) is 11.1. The Morgan fingerprint density at radius 3 is 2.06 bits per heavy atom. The lowest BCUT2D eigenvalue weighted by atomic mass is 10.1. The van der Waals surface area contributed by atoms with Crippen LogP contribution in [0.4, 0.5) is 10.5 Å². The molecule has 1 fully saturated rings. The summed E-state index contributed by atoms with van der Waals surface area (Å²) < 4.78 is 17.0. The second-order valence-electron chi connectivity index (χ2n) is 7.45. The molecule has 1 saturated heterocycles. The number of ether oxygens (including phenoxy) is 3. The van der Waals surface area contributed by atoms with Gasteiger partial charge in [-0.3, -0.25) is 4.79 Å². The van der Waals surface area contributed by atoms with Crippen LogP contribution in [0, 0.1) is 0 Å². The summed E-state index contributed by atoms with van der Waals surface area (Å²) in [5.74, 6) is 0.887. The van der Waals surface area contributed by atoms with E-state index >= 15 is 0 Å². The van der Waals surface area contributed by atoms with E-state index in [0.717, 1.165) is 16.0 Å². The van der Waals surface area contributed by atoms with E-state index in [1.807, 2.05) is 68.4 Å². The van der Waals surface area contributed by atoms with Gasteiger partial charge >= 0.3 is 6.03 Å². The van der Waals surface area contributed by atoms with Crippen LogP contribution < -0.4 is 15.0 Å². The fourth-order valence-electron chi connectivity index (χ4n) is 3.52. The van der Waals surface area contributed by atoms with E-state index in [2.05, 4.69) is 5.32 Å². The quantitative estimate of drug-likeness (QED) is 0.255. The Kier molecular flexibility index (Phi) is 7.37. The van der Waals surface area contributed by atoms with Gasteiger partial charge in [0.25, 0.3) is 5.91 Å². The lowest BCUT2D eigenvalue weighted by Gasteiger charge is -2.17. The summed E-state index contributed by atoms with van der Waals surface area (Å²) in [4.78, 5) is 26.6. The minimum Gasteiger partial charge on any atom is -0.457 e. The van der Waals surface area contributed by atoms with Crippen molar-refractivity contribution in [2.45, 2.75) is 20.1 Å². The third-order valence-electron chi connectivity index (χ3n) is 5.11. The fraction of sp³-hybridized carbons (Fsp3) is 0.185. The average Bonchev–Trinajstić information content (AvgIpc) is 3.13. The highest BCUT2D eigenvalue weighted by molar-refractivity contribution is 6.28. The van der Waals surface area contributed by atoms with Crippen LogP contribution in [-0.4, -0.2) is 25.2 Å². The maximum atomic E-state index is 12.9. The molecule has 0 bridgehead atoms. The maximum absolute atomic E-state index is 12.9. The molecule has 4 rings (SSSR count). The molecule has 1 heterocycles. The number of carbonyl (C=O) groups excluding carboxylic acids is 2. The summed E-state index contributed by atoms with van der Waals surface area (Å²) >= 11 is 0. The van der Waals surface area contributed by atoms with Crippen LogP contribution in [0.15, 0.2) is 84.6 Å². The molecule has 0 unspecified atom stereocenters. The minimum atomic E-state index is -0.502. The van der Waals surface area contributed by atoms with Crippen molar-refractivity contribution in [1.29, 1.82) is 0 Å². The number of nitrogens with one attached hydrogen (secondary N) is 1. The summed E-state index contributed by atoms with van der Waals surface area (Å²) in [6, 6.07) is 23.1. The number of rotatable bonds is 9. The Hall–Kier alpha value is -3.94. The number of hydrogen-bond donors (Lipinski definition) is 1. The van der Waals surface area contributed by atoms with Gasteiger partial charge in [-0.05, 0) is 61.9 Å². The molecule has 3 amide bonds. The van der Waals surface area contributed by atoms with E-state index < -0.39 is 18.2 Å². The molecular formula is C27H26N2O5. The first kappa shape index (κ1) is 23.2. The molecule has 174 valence electrons. The van der Waals surface area contributed by atoms with E-state index in [1.54, 1.807) is 30.3 Å². The second kappa shape index (κ2) is 10.8. The first-order valence-corrected chi connectivity index (χ1v) is 11.1. The van der Waals surface area contributed by atoms with Crippen LogP contribution >= 0.6 is 0 Å². The van der Waals surface area contributed by atoms with Gasteiger partial charge in [0.05, 0.1) is 5.69 Å². The molecule has 3 aromatic carbocycles. The summed E-state index contributed by atoms with van der Waals surface area (Å²) in [5.41, 5.74) is 2.31. The van der Waals surface area contributed by atoms with Gasteiger partial charge in [0.2, 0.25) is 0 Å². The number of hydrogen-bond acceptors (Lipinski definition) is 5. The van der Waals surface area contributed by atoms with E-state index in [1.165, 1.54) is 0 Å². The van der Waals surface area contributed by atoms with E-state index in [9.17, 15) is 9.59 Å². The van der Waals surface area contributed by atoms with Crippen molar-refractivity contribution in [2.75, 3.05) is 18.1 Å². The van der Waals surface area contributed by atoms with Crippen molar-refractivity contribution in [2.24, 2.45) is 0 Å². The normalized spacial score (nSPS) is 14.7. The molecule has 3 aromatic rings. The van der Waals surface area contributed by atoms with Crippen molar-refractivity contribution >= 4 is 23.7 Å². The van der Waals surface area contributed by atoms with Gasteiger partial charge in [-0.15, -0.1) is 0 Å². The number of benzene rings is 3. The Balaban J connectivity index is 1.47. The molecule has 0 spiro atoms. The largest absolute Gasteiger partial charge is 0.457 e. The van der Waals surface area contributed by atoms with Gasteiger partial charge in [-0.1, -0.05) is 42.5 Å². The average molecular weight is 459 g/mol. The SMILES string of the molecule is CCOC(OCC)c1ccc(/C=C2\NC(=O)N(c3ccc(Oc4ccccc4)cc3)C2=O)cc1. The molecule has 1 N–H and O–H groups in total. The Morgan fingerprint density at radius 2 is 1.44 bits per heavy atom. The van der Waals surface area contributed by atoms with Crippen LogP contribution in [0.2, 0.25) is 0 Å². The zero-order chi connectivity index (χ0) is 23.9. The highest BCUT2D eigenvalue weighted by Gasteiger charge is 2.34. The predicted molar refractivity (Wildman–Crippen MR) is 129 cm³/mol. The number of carbonyl (C=O) groups is 2. The van der Waals surface area contributed by atoms with Crippen molar-refractivity contribution in [3.05, 3.63) is 95.7 Å². The number of anilines is 1. The van der Waals surface area contributed by atoms with Crippen molar-refractivity contribution in [3.8, 4) is 11.5 Å². The smallest absolute Gasteiger partial charge is 0.333 e. The van der Waals surface area contributed by atoms with Crippen molar-refractivity contribution in [1.82, 2.24) is 5.32 Å². The lowest BCUT2D eigenvalue weighted by Crippen LogP contribution is -2.30. The molecule has 0 atom stereocenters. The lowest BCUT2D eigenvalue weighted by molar-refractivity contribution is -0.140. The van der Waals surface area contributed by atoms with Crippen LogP contribution in [-0.2, 0) is 14.3 Å². The topological polar surface area (TPSA) is 77.1 Å². The third kappa shape index (κ3) is 5.33. The second-order valence-corrected chi connectivity index (χ2v) is 7.45. The predicted octanol–water partition coefficient (Wildman–Crippen LogP) is 5.65. The van der Waals surface area contributed by atoms with Crippen molar-refractivity contribution in [3.63, 3.8) is 0 Å². The molecule has 0 saturated carbocycles. The summed E-state index contributed by atoms with van der Waals surface area (Å²) in [7, 11) is 0. The van der Waals surface area contributed by atoms with E-state index in [4.69, 9.17) is 14.2 Å². The van der Waals surface area contributed by atoms with E-state index in [-0.39, 0.29) is 5.70 Å².